The monoisotopic (exact) mass is 248 g/mol. The Balaban J connectivity index is 2.37. The molecule has 6 heteroatoms. The summed E-state index contributed by atoms with van der Waals surface area (Å²) in [5.74, 6) is 0.319. The highest BCUT2D eigenvalue weighted by Gasteiger charge is 2.16. The molecule has 0 aliphatic carbocycles. The summed E-state index contributed by atoms with van der Waals surface area (Å²) in [6, 6.07) is 9.64. The van der Waals surface area contributed by atoms with Gasteiger partial charge in [0.15, 0.2) is 0 Å². The van der Waals surface area contributed by atoms with Crippen molar-refractivity contribution in [2.45, 2.75) is 18.5 Å². The predicted octanol–water partition coefficient (Wildman–Crippen LogP) is 2.05. The van der Waals surface area contributed by atoms with Crippen molar-refractivity contribution >= 4 is 18.4 Å². The van der Waals surface area contributed by atoms with Gasteiger partial charge >= 0.3 is 5.82 Å². The molecule has 2 rings (SSSR count). The summed E-state index contributed by atoms with van der Waals surface area (Å²) in [7, 11) is 0. The minimum atomic E-state index is -0.545. The van der Waals surface area contributed by atoms with Gasteiger partial charge in [-0.1, -0.05) is 30.3 Å². The molecule has 0 spiro atoms. The van der Waals surface area contributed by atoms with Crippen molar-refractivity contribution in [1.29, 1.82) is 0 Å². The molecule has 2 aromatic rings. The molecule has 5 nitrogen and oxygen atoms in total. The molecule has 0 saturated carbocycles. The maximum absolute atomic E-state index is 10.7. The number of aryl methyl sites for hydroxylation is 1. The summed E-state index contributed by atoms with van der Waals surface area (Å²) < 4.78 is 1.67. The van der Waals surface area contributed by atoms with Gasteiger partial charge in [-0.3, -0.25) is 0 Å². The van der Waals surface area contributed by atoms with Gasteiger partial charge in [-0.05, 0) is 20.5 Å². The van der Waals surface area contributed by atoms with E-state index in [-0.39, 0.29) is 10.8 Å². The van der Waals surface area contributed by atoms with Gasteiger partial charge < -0.3 is 27.3 Å². The summed E-state index contributed by atoms with van der Waals surface area (Å²) in [6.07, 6.45) is 0. The van der Waals surface area contributed by atoms with Crippen LogP contribution in [0.4, 0.5) is 5.82 Å². The van der Waals surface area contributed by atoms with Gasteiger partial charge in [0.25, 0.3) is 0 Å². The topological polar surface area (TPSA) is 61.0 Å². The van der Waals surface area contributed by atoms with Gasteiger partial charge in [-0.2, -0.15) is 0 Å². The SMILES string of the molecule is Cc1nc([N+](=O)[O-])c([S-])n1Cc1ccccc1. The first-order chi connectivity index (χ1) is 8.09. The van der Waals surface area contributed by atoms with E-state index in [1.165, 1.54) is 0 Å². The number of hydrogen-bond acceptors (Lipinski definition) is 4. The minimum absolute atomic E-state index is 0.177. The standard InChI is InChI=1S/C11H11N3O2S/c1-8-12-10(14(15)16)11(17)13(8)7-9-5-3-2-4-6-9/h2-6,17H,7H2,1H3/p-1. The van der Waals surface area contributed by atoms with Crippen LogP contribution in [-0.2, 0) is 19.2 Å². The van der Waals surface area contributed by atoms with Crippen LogP contribution >= 0.6 is 0 Å². The number of nitrogens with zero attached hydrogens (tertiary/aromatic N) is 3. The molecule has 0 saturated heterocycles. The number of rotatable bonds is 3. The highest BCUT2D eigenvalue weighted by molar-refractivity contribution is 7.58. The maximum Gasteiger partial charge on any atom is 0.362 e. The van der Waals surface area contributed by atoms with E-state index in [0.29, 0.717) is 12.4 Å². The van der Waals surface area contributed by atoms with E-state index >= 15 is 0 Å². The first-order valence-electron chi connectivity index (χ1n) is 5.02. The van der Waals surface area contributed by atoms with Crippen molar-refractivity contribution in [1.82, 2.24) is 9.55 Å². The zero-order valence-electron chi connectivity index (χ0n) is 9.16. The molecule has 0 aliphatic rings. The lowest BCUT2D eigenvalue weighted by atomic mass is 10.2. The Morgan fingerprint density at radius 3 is 2.59 bits per heavy atom. The van der Waals surface area contributed by atoms with Crippen molar-refractivity contribution in [2.75, 3.05) is 0 Å². The van der Waals surface area contributed by atoms with Gasteiger partial charge in [0.05, 0.1) is 0 Å². The molecule has 0 unspecified atom stereocenters. The second-order valence-corrected chi connectivity index (χ2v) is 4.00. The fourth-order valence-corrected chi connectivity index (χ4v) is 1.92. The molecule has 1 aromatic heterocycles. The zero-order chi connectivity index (χ0) is 12.4. The Labute approximate surface area is 104 Å². The van der Waals surface area contributed by atoms with Crippen LogP contribution < -0.4 is 0 Å². The summed E-state index contributed by atoms with van der Waals surface area (Å²) in [5, 5.41) is 10.9. The Bertz CT molecular complexity index is 551. The Morgan fingerprint density at radius 1 is 1.41 bits per heavy atom. The lowest BCUT2D eigenvalue weighted by Crippen LogP contribution is -2.03. The summed E-state index contributed by atoms with van der Waals surface area (Å²) >= 11 is 5.05. The largest absolute Gasteiger partial charge is 0.754 e. The van der Waals surface area contributed by atoms with Gasteiger partial charge in [0.2, 0.25) is 5.82 Å². The third kappa shape index (κ3) is 2.26. The molecular formula is C11H10N3O2S-. The van der Waals surface area contributed by atoms with Crippen molar-refractivity contribution in [3.8, 4) is 0 Å². The first-order valence-corrected chi connectivity index (χ1v) is 5.43. The maximum atomic E-state index is 10.7. The molecule has 17 heavy (non-hydrogen) atoms. The number of nitro groups is 1. The van der Waals surface area contributed by atoms with E-state index < -0.39 is 4.92 Å². The lowest BCUT2D eigenvalue weighted by molar-refractivity contribution is -0.392. The molecule has 0 aliphatic heterocycles. The lowest BCUT2D eigenvalue weighted by Gasteiger charge is -2.11. The quantitative estimate of drug-likeness (QED) is 0.474. The summed E-state index contributed by atoms with van der Waals surface area (Å²) in [5.41, 5.74) is 1.04. The minimum Gasteiger partial charge on any atom is -0.754 e. The van der Waals surface area contributed by atoms with Crippen LogP contribution in [0.15, 0.2) is 35.4 Å². The van der Waals surface area contributed by atoms with E-state index in [9.17, 15) is 10.1 Å². The number of aromatic nitrogens is 2. The highest BCUT2D eigenvalue weighted by atomic mass is 32.1. The Morgan fingerprint density at radius 2 is 2.06 bits per heavy atom. The van der Waals surface area contributed by atoms with Gasteiger partial charge in [0, 0.05) is 13.5 Å². The Kier molecular flexibility index (Phi) is 3.06. The van der Waals surface area contributed by atoms with E-state index in [1.807, 2.05) is 30.3 Å². The fourth-order valence-electron chi connectivity index (χ4n) is 1.60. The van der Waals surface area contributed by atoms with Crippen LogP contribution in [0.5, 0.6) is 0 Å². The van der Waals surface area contributed by atoms with Crippen LogP contribution in [0, 0.1) is 17.0 Å². The predicted molar refractivity (Wildman–Crippen MR) is 64.8 cm³/mol. The van der Waals surface area contributed by atoms with Gasteiger partial charge in [-0.25, -0.2) is 0 Å². The first kappa shape index (κ1) is 11.5. The molecule has 1 heterocycles. The summed E-state index contributed by atoms with van der Waals surface area (Å²) in [6.45, 7) is 2.22. The van der Waals surface area contributed by atoms with E-state index in [2.05, 4.69) is 4.98 Å². The van der Waals surface area contributed by atoms with Gasteiger partial charge in [-0.15, -0.1) is 0 Å². The average Bonchev–Trinajstić information content (AvgIpc) is 2.58. The van der Waals surface area contributed by atoms with E-state index in [0.717, 1.165) is 5.56 Å². The summed E-state index contributed by atoms with van der Waals surface area (Å²) in [4.78, 5) is 14.0. The van der Waals surface area contributed by atoms with Crippen LogP contribution in [0.2, 0.25) is 0 Å². The number of imidazole rings is 1. The van der Waals surface area contributed by atoms with Crippen LogP contribution in [0.25, 0.3) is 0 Å². The van der Waals surface area contributed by atoms with Crippen LogP contribution in [-0.4, -0.2) is 14.5 Å². The molecule has 0 radical (unpaired) electrons. The van der Waals surface area contributed by atoms with Crippen LogP contribution in [0.1, 0.15) is 11.4 Å². The van der Waals surface area contributed by atoms with Crippen molar-refractivity contribution in [3.63, 3.8) is 0 Å². The van der Waals surface area contributed by atoms with Crippen molar-refractivity contribution in [2.24, 2.45) is 0 Å². The smallest absolute Gasteiger partial charge is 0.362 e. The Hall–Kier alpha value is -1.95. The molecule has 0 atom stereocenters. The molecule has 88 valence electrons. The molecule has 0 fully saturated rings. The highest BCUT2D eigenvalue weighted by Crippen LogP contribution is 2.19. The third-order valence-electron chi connectivity index (χ3n) is 2.45. The van der Waals surface area contributed by atoms with E-state index in [1.54, 1.807) is 11.5 Å². The molecular weight excluding hydrogens is 238 g/mol. The molecule has 0 N–H and O–H groups in total. The second kappa shape index (κ2) is 4.50. The fraction of sp³-hybridized carbons (Fsp3) is 0.182. The second-order valence-electron chi connectivity index (χ2n) is 3.62. The van der Waals surface area contributed by atoms with E-state index in [4.69, 9.17) is 12.6 Å². The average molecular weight is 248 g/mol. The molecule has 0 bridgehead atoms. The van der Waals surface area contributed by atoms with Crippen molar-refractivity contribution in [3.05, 3.63) is 51.8 Å². The third-order valence-corrected chi connectivity index (χ3v) is 2.85. The van der Waals surface area contributed by atoms with Gasteiger partial charge in [0.1, 0.15) is 0 Å². The van der Waals surface area contributed by atoms with Crippen LogP contribution in [0.3, 0.4) is 0 Å². The van der Waals surface area contributed by atoms with Crippen molar-refractivity contribution < 1.29 is 4.92 Å². The number of benzene rings is 1. The normalized spacial score (nSPS) is 10.4. The zero-order valence-corrected chi connectivity index (χ0v) is 9.98. The number of hydrogen-bond donors (Lipinski definition) is 0. The molecule has 0 amide bonds. The molecule has 1 aromatic carbocycles.